The molecular formula is C12H14N4O4. The summed E-state index contributed by atoms with van der Waals surface area (Å²) in [5, 5.41) is 8.85. The van der Waals surface area contributed by atoms with Crippen LogP contribution >= 0.6 is 0 Å². The Labute approximate surface area is 113 Å². The largest absolute Gasteiger partial charge is 0.478 e. The van der Waals surface area contributed by atoms with Crippen molar-refractivity contribution in [3.63, 3.8) is 0 Å². The van der Waals surface area contributed by atoms with Crippen molar-refractivity contribution in [2.24, 2.45) is 21.1 Å². The number of aryl methyl sites for hydroxylation is 2. The number of imidazole rings is 1. The SMILES string of the molecule is C=C(Cc1nc2c(c(=O)n(C)c(=O)n2C)n1C)C(=O)O. The summed E-state index contributed by atoms with van der Waals surface area (Å²) in [6, 6.07) is 0. The lowest BCUT2D eigenvalue weighted by molar-refractivity contribution is -0.132. The Morgan fingerprint density at radius 3 is 2.35 bits per heavy atom. The minimum Gasteiger partial charge on any atom is -0.478 e. The molecule has 2 rings (SSSR count). The Morgan fingerprint density at radius 2 is 1.80 bits per heavy atom. The van der Waals surface area contributed by atoms with Crippen LogP contribution in [0.15, 0.2) is 21.7 Å². The van der Waals surface area contributed by atoms with Gasteiger partial charge in [0, 0.05) is 33.1 Å². The highest BCUT2D eigenvalue weighted by atomic mass is 16.4. The topological polar surface area (TPSA) is 99.1 Å². The van der Waals surface area contributed by atoms with Crippen molar-refractivity contribution < 1.29 is 9.90 Å². The van der Waals surface area contributed by atoms with Gasteiger partial charge in [0.25, 0.3) is 5.56 Å². The lowest BCUT2D eigenvalue weighted by atomic mass is 10.2. The standard InChI is InChI=1S/C12H14N4O4/c1-6(11(18)19)5-7-13-9-8(14(7)2)10(17)16(4)12(20)15(9)3/h1,5H2,2-4H3,(H,18,19). The van der Waals surface area contributed by atoms with E-state index in [1.54, 1.807) is 7.05 Å². The van der Waals surface area contributed by atoms with Crippen LogP contribution in [0.4, 0.5) is 0 Å². The summed E-state index contributed by atoms with van der Waals surface area (Å²) in [7, 11) is 4.49. The number of hydrogen-bond acceptors (Lipinski definition) is 4. The molecule has 0 saturated heterocycles. The molecule has 2 heterocycles. The minimum atomic E-state index is -1.13. The molecule has 20 heavy (non-hydrogen) atoms. The number of carbonyl (C=O) groups is 1. The fourth-order valence-corrected chi connectivity index (χ4v) is 1.99. The van der Waals surface area contributed by atoms with Crippen LogP contribution in [0.2, 0.25) is 0 Å². The van der Waals surface area contributed by atoms with Gasteiger partial charge in [0.2, 0.25) is 0 Å². The van der Waals surface area contributed by atoms with E-state index < -0.39 is 17.2 Å². The van der Waals surface area contributed by atoms with E-state index in [9.17, 15) is 14.4 Å². The van der Waals surface area contributed by atoms with E-state index in [2.05, 4.69) is 11.6 Å². The van der Waals surface area contributed by atoms with Crippen LogP contribution in [-0.4, -0.2) is 29.8 Å². The fraction of sp³-hybridized carbons (Fsp3) is 0.333. The lowest BCUT2D eigenvalue weighted by Gasteiger charge is -2.03. The molecule has 0 radical (unpaired) electrons. The molecule has 1 N–H and O–H groups in total. The molecule has 0 bridgehead atoms. The van der Waals surface area contributed by atoms with E-state index in [1.165, 1.54) is 23.2 Å². The van der Waals surface area contributed by atoms with Crippen LogP contribution in [0.1, 0.15) is 5.82 Å². The number of aliphatic carboxylic acids is 1. The highest BCUT2D eigenvalue weighted by Crippen LogP contribution is 2.12. The van der Waals surface area contributed by atoms with Crippen molar-refractivity contribution in [1.29, 1.82) is 0 Å². The summed E-state index contributed by atoms with van der Waals surface area (Å²) in [5.74, 6) is -0.760. The van der Waals surface area contributed by atoms with Gasteiger partial charge in [-0.2, -0.15) is 0 Å². The summed E-state index contributed by atoms with van der Waals surface area (Å²) >= 11 is 0. The van der Waals surface area contributed by atoms with Crippen LogP contribution < -0.4 is 11.2 Å². The van der Waals surface area contributed by atoms with Crippen molar-refractivity contribution >= 4 is 17.1 Å². The average Bonchev–Trinajstić information content (AvgIpc) is 2.71. The number of rotatable bonds is 3. The first kappa shape index (κ1) is 13.8. The Balaban J connectivity index is 2.77. The molecule has 2 aromatic heterocycles. The molecule has 0 amide bonds. The van der Waals surface area contributed by atoms with E-state index in [4.69, 9.17) is 5.11 Å². The molecule has 0 aromatic carbocycles. The summed E-state index contributed by atoms with van der Waals surface area (Å²) in [6.07, 6.45) is -0.00212. The third-order valence-electron chi connectivity index (χ3n) is 3.24. The fourth-order valence-electron chi connectivity index (χ4n) is 1.99. The summed E-state index contributed by atoms with van der Waals surface area (Å²) in [5.41, 5.74) is -0.503. The Bertz CT molecular complexity index is 853. The zero-order valence-corrected chi connectivity index (χ0v) is 11.4. The molecule has 0 atom stereocenters. The van der Waals surface area contributed by atoms with Gasteiger partial charge < -0.3 is 9.67 Å². The summed E-state index contributed by atoms with van der Waals surface area (Å²) < 4.78 is 3.73. The molecule has 0 unspecified atom stereocenters. The summed E-state index contributed by atoms with van der Waals surface area (Å²) in [6.45, 7) is 3.44. The van der Waals surface area contributed by atoms with Gasteiger partial charge in [-0.15, -0.1) is 0 Å². The highest BCUT2D eigenvalue weighted by molar-refractivity contribution is 5.86. The van der Waals surface area contributed by atoms with Gasteiger partial charge in [-0.25, -0.2) is 14.6 Å². The van der Waals surface area contributed by atoms with Gasteiger partial charge in [-0.05, 0) is 0 Å². The van der Waals surface area contributed by atoms with Gasteiger partial charge in [0.05, 0.1) is 0 Å². The smallest absolute Gasteiger partial charge is 0.332 e. The van der Waals surface area contributed by atoms with E-state index in [0.29, 0.717) is 5.82 Å². The second kappa shape index (κ2) is 4.48. The molecule has 0 aliphatic rings. The second-order valence-corrected chi connectivity index (χ2v) is 4.55. The Hall–Kier alpha value is -2.64. The molecule has 106 valence electrons. The minimum absolute atomic E-state index is 0.00212. The molecule has 2 aromatic rings. The first-order valence-corrected chi connectivity index (χ1v) is 5.78. The molecular weight excluding hydrogens is 264 g/mol. The Morgan fingerprint density at radius 1 is 1.20 bits per heavy atom. The maximum absolute atomic E-state index is 12.1. The molecule has 0 aliphatic carbocycles. The first-order valence-electron chi connectivity index (χ1n) is 5.78. The van der Waals surface area contributed by atoms with Crippen molar-refractivity contribution in [1.82, 2.24) is 18.7 Å². The number of carboxylic acid groups (broad SMARTS) is 1. The molecule has 8 nitrogen and oxygen atoms in total. The van der Waals surface area contributed by atoms with Gasteiger partial charge in [0.1, 0.15) is 5.82 Å². The molecule has 0 fully saturated rings. The number of fused-ring (bicyclic) bond motifs is 1. The zero-order valence-electron chi connectivity index (χ0n) is 11.4. The van der Waals surface area contributed by atoms with Gasteiger partial charge in [0.15, 0.2) is 11.2 Å². The van der Waals surface area contributed by atoms with Crippen molar-refractivity contribution in [3.05, 3.63) is 38.8 Å². The van der Waals surface area contributed by atoms with Crippen molar-refractivity contribution in [2.45, 2.75) is 6.42 Å². The number of nitrogens with zero attached hydrogens (tertiary/aromatic N) is 4. The van der Waals surface area contributed by atoms with Gasteiger partial charge in [-0.1, -0.05) is 6.58 Å². The first-order chi connectivity index (χ1) is 9.25. The zero-order chi connectivity index (χ0) is 15.2. The van der Waals surface area contributed by atoms with E-state index in [1.807, 2.05) is 0 Å². The normalized spacial score (nSPS) is 10.9. The van der Waals surface area contributed by atoms with Crippen molar-refractivity contribution in [3.8, 4) is 0 Å². The van der Waals surface area contributed by atoms with Crippen LogP contribution in [0, 0.1) is 0 Å². The van der Waals surface area contributed by atoms with E-state index >= 15 is 0 Å². The maximum atomic E-state index is 12.1. The van der Waals surface area contributed by atoms with Crippen LogP contribution in [0.3, 0.4) is 0 Å². The quantitative estimate of drug-likeness (QED) is 0.738. The van der Waals surface area contributed by atoms with E-state index in [0.717, 1.165) is 4.57 Å². The van der Waals surface area contributed by atoms with Crippen LogP contribution in [0.5, 0.6) is 0 Å². The third-order valence-corrected chi connectivity index (χ3v) is 3.24. The average molecular weight is 278 g/mol. The number of aromatic nitrogens is 4. The third kappa shape index (κ3) is 1.85. The number of hydrogen-bond donors (Lipinski definition) is 1. The predicted octanol–water partition coefficient (Wildman–Crippen LogP) is -0.846. The monoisotopic (exact) mass is 278 g/mol. The molecule has 0 aliphatic heterocycles. The maximum Gasteiger partial charge on any atom is 0.332 e. The lowest BCUT2D eigenvalue weighted by Crippen LogP contribution is -2.37. The summed E-state index contributed by atoms with van der Waals surface area (Å²) in [4.78, 5) is 38.9. The van der Waals surface area contributed by atoms with Gasteiger partial charge in [-0.3, -0.25) is 13.9 Å². The predicted molar refractivity (Wildman–Crippen MR) is 71.7 cm³/mol. The number of carboxylic acids is 1. The Kier molecular flexibility index (Phi) is 3.09. The van der Waals surface area contributed by atoms with Crippen molar-refractivity contribution in [2.75, 3.05) is 0 Å². The molecule has 0 spiro atoms. The van der Waals surface area contributed by atoms with Crippen LogP contribution in [0.25, 0.3) is 11.2 Å². The highest BCUT2D eigenvalue weighted by Gasteiger charge is 2.18. The van der Waals surface area contributed by atoms with Gasteiger partial charge >= 0.3 is 11.7 Å². The van der Waals surface area contributed by atoms with Crippen LogP contribution in [-0.2, 0) is 32.4 Å². The molecule has 0 saturated carbocycles. The second-order valence-electron chi connectivity index (χ2n) is 4.55. The van der Waals surface area contributed by atoms with E-state index in [-0.39, 0.29) is 23.2 Å². The molecule has 8 heteroatoms.